The zero-order chi connectivity index (χ0) is 11.5. The summed E-state index contributed by atoms with van der Waals surface area (Å²) in [4.78, 5) is 21.3. The van der Waals surface area contributed by atoms with Gasteiger partial charge in [0, 0.05) is 18.9 Å². The largest absolute Gasteiger partial charge is 0.479 e. The summed E-state index contributed by atoms with van der Waals surface area (Å²) < 4.78 is 17.8. The predicted molar refractivity (Wildman–Crippen MR) is 49.2 cm³/mol. The van der Waals surface area contributed by atoms with Crippen LogP contribution in [0.5, 0.6) is 0 Å². The van der Waals surface area contributed by atoms with Gasteiger partial charge in [-0.05, 0) is 0 Å². The fourth-order valence-electron chi connectivity index (χ4n) is 1.34. The van der Waals surface area contributed by atoms with Gasteiger partial charge in [-0.2, -0.15) is 0 Å². The summed E-state index contributed by atoms with van der Waals surface area (Å²) in [5.41, 5.74) is -2.20. The van der Waals surface area contributed by atoms with Crippen LogP contribution in [0.25, 0.3) is 0 Å². The molecule has 0 radical (unpaired) electrons. The number of amides is 1. The summed E-state index contributed by atoms with van der Waals surface area (Å²) >= 11 is 0. The maximum atomic E-state index is 13.2. The van der Waals surface area contributed by atoms with Crippen LogP contribution >= 0.6 is 0 Å². The van der Waals surface area contributed by atoms with Crippen LogP contribution < -0.4 is 5.32 Å². The van der Waals surface area contributed by atoms with Gasteiger partial charge in [0.2, 0.25) is 5.67 Å². The van der Waals surface area contributed by atoms with Crippen molar-refractivity contribution in [1.82, 2.24) is 5.32 Å². The number of ether oxygens (including phenoxy) is 1. The van der Waals surface area contributed by atoms with E-state index in [1.807, 2.05) is 0 Å². The third-order valence-corrected chi connectivity index (χ3v) is 2.18. The average molecular weight is 217 g/mol. The molecule has 15 heavy (non-hydrogen) atoms. The monoisotopic (exact) mass is 217 g/mol. The Morgan fingerprint density at radius 1 is 1.67 bits per heavy atom. The van der Waals surface area contributed by atoms with E-state index in [1.165, 1.54) is 6.08 Å². The van der Waals surface area contributed by atoms with Gasteiger partial charge in [0.15, 0.2) is 0 Å². The predicted octanol–water partition coefficient (Wildman–Crippen LogP) is 0.854. The third-order valence-electron chi connectivity index (χ3n) is 2.18. The Hall–Kier alpha value is -1.59. The number of hydrogen-bond donors (Lipinski definition) is 2. The molecule has 1 aliphatic rings. The number of hydrogen-bond acceptors (Lipinski definition) is 3. The molecule has 0 atom stereocenters. The second kappa shape index (κ2) is 4.29. The topological polar surface area (TPSA) is 75.6 Å². The van der Waals surface area contributed by atoms with E-state index in [0.717, 1.165) is 0 Å². The molecule has 1 aliphatic carbocycles. The molecule has 0 aliphatic heterocycles. The van der Waals surface area contributed by atoms with Crippen LogP contribution in [-0.2, 0) is 9.53 Å². The summed E-state index contributed by atoms with van der Waals surface area (Å²) in [6, 6.07) is -0.469. The number of carbonyl (C=O) groups excluding carboxylic acids is 1. The minimum Gasteiger partial charge on any atom is -0.479 e. The maximum absolute atomic E-state index is 13.2. The van der Waals surface area contributed by atoms with E-state index < -0.39 is 23.8 Å². The van der Waals surface area contributed by atoms with Gasteiger partial charge in [-0.25, -0.2) is 14.0 Å². The van der Waals surface area contributed by atoms with Gasteiger partial charge in [0.25, 0.3) is 0 Å². The highest BCUT2D eigenvalue weighted by molar-refractivity contribution is 5.79. The van der Waals surface area contributed by atoms with Crippen LogP contribution in [0, 0.1) is 0 Å². The molecular formula is C9H12FNO4. The van der Waals surface area contributed by atoms with Gasteiger partial charge in [-0.15, -0.1) is 0 Å². The minimum absolute atomic E-state index is 0.0677. The zero-order valence-corrected chi connectivity index (χ0v) is 8.03. The Bertz CT molecular complexity index is 286. The zero-order valence-electron chi connectivity index (χ0n) is 8.03. The lowest BCUT2D eigenvalue weighted by atomic mass is 9.77. The van der Waals surface area contributed by atoms with Crippen LogP contribution in [0.15, 0.2) is 12.7 Å². The van der Waals surface area contributed by atoms with Crippen molar-refractivity contribution >= 4 is 12.1 Å². The Kier molecular flexibility index (Phi) is 3.28. The van der Waals surface area contributed by atoms with Crippen molar-refractivity contribution < 1.29 is 23.8 Å². The molecule has 0 bridgehead atoms. The second-order valence-corrected chi connectivity index (χ2v) is 3.41. The number of alkyl carbamates (subject to hydrolysis) is 1. The molecule has 2 N–H and O–H groups in total. The number of alkyl halides is 1. The molecule has 1 rings (SSSR count). The summed E-state index contributed by atoms with van der Waals surface area (Å²) in [5.74, 6) is -1.49. The number of carbonyl (C=O) groups is 2. The van der Waals surface area contributed by atoms with Crippen molar-refractivity contribution in [2.24, 2.45) is 0 Å². The lowest BCUT2D eigenvalue weighted by Gasteiger charge is -2.37. The second-order valence-electron chi connectivity index (χ2n) is 3.41. The van der Waals surface area contributed by atoms with E-state index in [1.54, 1.807) is 0 Å². The number of carboxylic acid groups (broad SMARTS) is 1. The van der Waals surface area contributed by atoms with Crippen LogP contribution in [-0.4, -0.2) is 35.5 Å². The van der Waals surface area contributed by atoms with Gasteiger partial charge >= 0.3 is 12.1 Å². The molecule has 0 unspecified atom stereocenters. The first kappa shape index (κ1) is 11.5. The van der Waals surface area contributed by atoms with E-state index in [0.29, 0.717) is 0 Å². The number of nitrogens with one attached hydrogen (secondary N) is 1. The van der Waals surface area contributed by atoms with Crippen molar-refractivity contribution in [1.29, 1.82) is 0 Å². The van der Waals surface area contributed by atoms with Crippen molar-refractivity contribution in [3.63, 3.8) is 0 Å². The maximum Gasteiger partial charge on any atom is 0.407 e. The van der Waals surface area contributed by atoms with Crippen molar-refractivity contribution in [2.75, 3.05) is 6.61 Å². The van der Waals surface area contributed by atoms with E-state index >= 15 is 0 Å². The molecule has 0 saturated heterocycles. The Balaban J connectivity index is 2.25. The van der Waals surface area contributed by atoms with Crippen molar-refractivity contribution in [3.05, 3.63) is 12.7 Å². The Morgan fingerprint density at radius 3 is 2.73 bits per heavy atom. The average Bonchev–Trinajstić information content (AvgIpc) is 2.11. The summed E-state index contributed by atoms with van der Waals surface area (Å²) in [5, 5.41) is 10.8. The molecule has 0 heterocycles. The van der Waals surface area contributed by atoms with Crippen molar-refractivity contribution in [3.8, 4) is 0 Å². The standard InChI is InChI=1S/C9H12FNO4/c1-2-3-15-8(14)11-6-4-9(10,5-6)7(12)13/h2,6H,1,3-5H2,(H,11,14)(H,12,13). The molecule has 1 saturated carbocycles. The highest BCUT2D eigenvalue weighted by Gasteiger charge is 2.52. The Morgan fingerprint density at radius 2 is 2.27 bits per heavy atom. The Labute approximate surface area is 85.9 Å². The number of halogens is 1. The van der Waals surface area contributed by atoms with E-state index in [9.17, 15) is 14.0 Å². The summed E-state index contributed by atoms with van der Waals surface area (Å²) in [6.07, 6.45) is 0.279. The lowest BCUT2D eigenvalue weighted by Crippen LogP contribution is -2.56. The number of rotatable bonds is 4. The highest BCUT2D eigenvalue weighted by atomic mass is 19.1. The molecule has 6 heteroatoms. The molecule has 1 amide bonds. The fraction of sp³-hybridized carbons (Fsp3) is 0.556. The molecule has 0 spiro atoms. The summed E-state index contributed by atoms with van der Waals surface area (Å²) in [6.45, 7) is 3.42. The molecule has 84 valence electrons. The van der Waals surface area contributed by atoms with Gasteiger partial charge in [0.05, 0.1) is 0 Å². The normalized spacial score (nSPS) is 28.7. The first-order chi connectivity index (χ1) is 6.98. The first-order valence-electron chi connectivity index (χ1n) is 4.44. The van der Waals surface area contributed by atoms with Crippen LogP contribution in [0.4, 0.5) is 9.18 Å². The SMILES string of the molecule is C=CCOC(=O)NC1CC(F)(C(=O)O)C1. The quantitative estimate of drug-likeness (QED) is 0.684. The minimum atomic E-state index is -2.20. The van der Waals surface area contributed by atoms with E-state index in [-0.39, 0.29) is 19.4 Å². The highest BCUT2D eigenvalue weighted by Crippen LogP contribution is 2.36. The molecule has 0 aromatic carbocycles. The third kappa shape index (κ3) is 2.68. The van der Waals surface area contributed by atoms with Gasteiger partial charge in [0.1, 0.15) is 6.61 Å². The van der Waals surface area contributed by atoms with Crippen LogP contribution in [0.2, 0.25) is 0 Å². The smallest absolute Gasteiger partial charge is 0.407 e. The summed E-state index contributed by atoms with van der Waals surface area (Å²) in [7, 11) is 0. The van der Waals surface area contributed by atoms with Gasteiger partial charge in [-0.3, -0.25) is 0 Å². The van der Waals surface area contributed by atoms with Gasteiger partial charge < -0.3 is 15.2 Å². The van der Waals surface area contributed by atoms with Crippen molar-refractivity contribution in [2.45, 2.75) is 24.6 Å². The van der Waals surface area contributed by atoms with Crippen LogP contribution in [0.1, 0.15) is 12.8 Å². The molecular weight excluding hydrogens is 205 g/mol. The molecule has 5 nitrogen and oxygen atoms in total. The molecule has 0 aromatic heterocycles. The number of carboxylic acids is 1. The molecule has 0 aromatic rings. The fourth-order valence-corrected chi connectivity index (χ4v) is 1.34. The first-order valence-corrected chi connectivity index (χ1v) is 4.44. The van der Waals surface area contributed by atoms with Crippen LogP contribution in [0.3, 0.4) is 0 Å². The molecule has 1 fully saturated rings. The lowest BCUT2D eigenvalue weighted by molar-refractivity contribution is -0.158. The van der Waals surface area contributed by atoms with Gasteiger partial charge in [-0.1, -0.05) is 12.7 Å². The van der Waals surface area contributed by atoms with E-state index in [4.69, 9.17) is 5.11 Å². The van der Waals surface area contributed by atoms with E-state index in [2.05, 4.69) is 16.6 Å². The number of aliphatic carboxylic acids is 1.